The van der Waals surface area contributed by atoms with E-state index in [0.29, 0.717) is 39.8 Å². The first-order chi connectivity index (χ1) is 19.4. The number of aromatic nitrogens is 5. The molecule has 5 heterocycles. The van der Waals surface area contributed by atoms with Gasteiger partial charge in [0.15, 0.2) is 11.5 Å². The lowest BCUT2D eigenvalue weighted by molar-refractivity contribution is 0.165. The van der Waals surface area contributed by atoms with Gasteiger partial charge in [0.1, 0.15) is 11.3 Å². The Hall–Kier alpha value is -5.03. The van der Waals surface area contributed by atoms with Gasteiger partial charge in [-0.25, -0.2) is 19.7 Å². The monoisotopic (exact) mass is 536 g/mol. The third kappa shape index (κ3) is 5.14. The van der Waals surface area contributed by atoms with Gasteiger partial charge >= 0.3 is 6.09 Å². The number of hydrogen-bond donors (Lipinski definition) is 4. The smallest absolute Gasteiger partial charge is 0.404 e. The fraction of sp³-hybridized carbons (Fsp3) is 0.207. The molecule has 4 aromatic heterocycles. The number of piperidine rings is 1. The minimum atomic E-state index is -0.966. The number of imidazole rings is 1. The number of pyridine rings is 3. The van der Waals surface area contributed by atoms with E-state index >= 15 is 0 Å². The normalized spacial score (nSPS) is 14.4. The zero-order valence-electron chi connectivity index (χ0n) is 21.6. The van der Waals surface area contributed by atoms with Gasteiger partial charge < -0.3 is 21.1 Å². The van der Waals surface area contributed by atoms with Crippen molar-refractivity contribution < 1.29 is 9.90 Å². The number of rotatable bonds is 6. The molecule has 1 fully saturated rings. The SMILES string of the molecule is Nc1ncccc1-c1nc2ccc(-c3cccc(=O)[nH]3)nc2n1-c1ccc(CN2CCC(NC(=O)O)CC2)cc1. The average molecular weight is 537 g/mol. The summed E-state index contributed by atoms with van der Waals surface area (Å²) in [5, 5.41) is 11.6. The van der Waals surface area contributed by atoms with Crippen LogP contribution in [0.5, 0.6) is 0 Å². The molecule has 0 radical (unpaired) electrons. The number of nitrogens with zero attached hydrogens (tertiary/aromatic N) is 5. The molecular weight excluding hydrogens is 508 g/mol. The molecule has 6 rings (SSSR count). The summed E-state index contributed by atoms with van der Waals surface area (Å²) in [6, 6.07) is 20.6. The van der Waals surface area contributed by atoms with E-state index in [0.717, 1.165) is 43.7 Å². The Balaban J connectivity index is 1.35. The van der Waals surface area contributed by atoms with Crippen LogP contribution in [0.25, 0.3) is 39.6 Å². The van der Waals surface area contributed by atoms with Crippen molar-refractivity contribution in [3.8, 4) is 28.5 Å². The molecule has 0 aliphatic carbocycles. The largest absolute Gasteiger partial charge is 0.465 e. The summed E-state index contributed by atoms with van der Waals surface area (Å²) in [5.41, 5.74) is 11.3. The van der Waals surface area contributed by atoms with Gasteiger partial charge in [0.05, 0.1) is 17.0 Å². The molecule has 11 nitrogen and oxygen atoms in total. The van der Waals surface area contributed by atoms with E-state index in [2.05, 4.69) is 32.3 Å². The molecule has 0 bridgehead atoms. The third-order valence-electron chi connectivity index (χ3n) is 7.14. The van der Waals surface area contributed by atoms with E-state index in [1.807, 2.05) is 47.0 Å². The van der Waals surface area contributed by atoms with E-state index in [9.17, 15) is 9.59 Å². The lowest BCUT2D eigenvalue weighted by atomic mass is 10.0. The van der Waals surface area contributed by atoms with Crippen LogP contribution in [0.2, 0.25) is 0 Å². The van der Waals surface area contributed by atoms with Gasteiger partial charge in [0.2, 0.25) is 5.56 Å². The number of fused-ring (bicyclic) bond motifs is 1. The number of amides is 1. The van der Waals surface area contributed by atoms with Crippen LogP contribution in [0.1, 0.15) is 18.4 Å². The topological polar surface area (TPSA) is 155 Å². The number of anilines is 1. The molecule has 0 unspecified atom stereocenters. The fourth-order valence-corrected chi connectivity index (χ4v) is 5.15. The van der Waals surface area contributed by atoms with Crippen LogP contribution in [-0.4, -0.2) is 59.7 Å². The van der Waals surface area contributed by atoms with Crippen LogP contribution in [0.4, 0.5) is 10.6 Å². The Morgan fingerprint density at radius 1 is 1.02 bits per heavy atom. The second kappa shape index (κ2) is 10.6. The third-order valence-corrected chi connectivity index (χ3v) is 7.14. The summed E-state index contributed by atoms with van der Waals surface area (Å²) in [5.74, 6) is 0.983. The Morgan fingerprint density at radius 2 is 1.82 bits per heavy atom. The molecule has 1 aliphatic rings. The predicted octanol–water partition coefficient (Wildman–Crippen LogP) is 3.65. The quantitative estimate of drug-likeness (QED) is 0.256. The number of nitrogen functional groups attached to an aromatic ring is 1. The van der Waals surface area contributed by atoms with Gasteiger partial charge in [-0.3, -0.25) is 14.3 Å². The number of nitrogens with one attached hydrogen (secondary N) is 2. The molecule has 1 aliphatic heterocycles. The Labute approximate surface area is 229 Å². The number of carboxylic acid groups (broad SMARTS) is 1. The highest BCUT2D eigenvalue weighted by atomic mass is 16.4. The summed E-state index contributed by atoms with van der Waals surface area (Å²) in [6.07, 6.45) is 2.26. The molecule has 0 saturated carbocycles. The van der Waals surface area contributed by atoms with Crippen LogP contribution in [0.3, 0.4) is 0 Å². The van der Waals surface area contributed by atoms with Crippen LogP contribution in [0.15, 0.2) is 77.7 Å². The maximum absolute atomic E-state index is 11.9. The van der Waals surface area contributed by atoms with E-state index in [-0.39, 0.29) is 11.6 Å². The first-order valence-electron chi connectivity index (χ1n) is 13.1. The van der Waals surface area contributed by atoms with Crippen molar-refractivity contribution in [1.82, 2.24) is 34.7 Å². The molecule has 202 valence electrons. The van der Waals surface area contributed by atoms with Crippen LogP contribution in [-0.2, 0) is 6.54 Å². The summed E-state index contributed by atoms with van der Waals surface area (Å²) in [6.45, 7) is 2.44. The molecule has 0 atom stereocenters. The minimum absolute atomic E-state index is 0.00934. The average Bonchev–Trinajstić information content (AvgIpc) is 3.33. The Kier molecular flexibility index (Phi) is 6.71. The van der Waals surface area contributed by atoms with Gasteiger partial charge in [-0.2, -0.15) is 0 Å². The van der Waals surface area contributed by atoms with E-state index in [1.54, 1.807) is 12.3 Å². The molecular formula is C29H28N8O3. The van der Waals surface area contributed by atoms with Crippen LogP contribution < -0.4 is 16.6 Å². The summed E-state index contributed by atoms with van der Waals surface area (Å²) in [7, 11) is 0. The molecule has 11 heteroatoms. The zero-order chi connectivity index (χ0) is 27.6. The second-order valence-electron chi connectivity index (χ2n) is 9.84. The number of hydrogen-bond acceptors (Lipinski definition) is 7. The standard InChI is InChI=1S/C29H28N8O3/c30-26-21(3-2-14-31-26)27-35-24-11-10-23(22-4-1-5-25(38)33-22)34-28(24)37(27)20-8-6-18(7-9-20)17-36-15-12-19(13-16-36)32-29(39)40/h1-11,14,19,32H,12-13,15-17H2,(H2,30,31)(H,33,38)(H,39,40). The van der Waals surface area contributed by atoms with Crippen LogP contribution >= 0.6 is 0 Å². The van der Waals surface area contributed by atoms with Crippen LogP contribution in [0, 0.1) is 0 Å². The lowest BCUT2D eigenvalue weighted by Crippen LogP contribution is -2.43. The van der Waals surface area contributed by atoms with Gasteiger partial charge in [0.25, 0.3) is 0 Å². The molecule has 5 aromatic rings. The van der Waals surface area contributed by atoms with E-state index < -0.39 is 6.09 Å². The molecule has 0 spiro atoms. The van der Waals surface area contributed by atoms with Crippen molar-refractivity contribution in [2.24, 2.45) is 0 Å². The molecule has 1 saturated heterocycles. The highest BCUT2D eigenvalue weighted by Crippen LogP contribution is 2.31. The molecule has 1 aromatic carbocycles. The van der Waals surface area contributed by atoms with Crippen molar-refractivity contribution in [2.75, 3.05) is 18.8 Å². The van der Waals surface area contributed by atoms with Gasteiger partial charge in [-0.05, 0) is 60.9 Å². The summed E-state index contributed by atoms with van der Waals surface area (Å²) < 4.78 is 1.96. The van der Waals surface area contributed by atoms with Crippen molar-refractivity contribution in [3.63, 3.8) is 0 Å². The van der Waals surface area contributed by atoms with Gasteiger partial charge in [-0.1, -0.05) is 18.2 Å². The maximum Gasteiger partial charge on any atom is 0.404 e. The first-order valence-corrected chi connectivity index (χ1v) is 13.1. The fourth-order valence-electron chi connectivity index (χ4n) is 5.15. The minimum Gasteiger partial charge on any atom is -0.465 e. The van der Waals surface area contributed by atoms with E-state index in [4.69, 9.17) is 20.8 Å². The Morgan fingerprint density at radius 3 is 2.55 bits per heavy atom. The number of aromatic amines is 1. The predicted molar refractivity (Wildman–Crippen MR) is 152 cm³/mol. The maximum atomic E-state index is 11.9. The summed E-state index contributed by atoms with van der Waals surface area (Å²) in [4.78, 5) is 42.0. The van der Waals surface area contributed by atoms with Gasteiger partial charge in [-0.15, -0.1) is 0 Å². The first kappa shape index (κ1) is 25.3. The highest BCUT2D eigenvalue weighted by molar-refractivity contribution is 5.84. The molecule has 5 N–H and O–H groups in total. The Bertz CT molecular complexity index is 1740. The number of H-pyrrole nitrogens is 1. The van der Waals surface area contributed by atoms with Gasteiger partial charge in [0, 0.05) is 43.6 Å². The molecule has 1 amide bonds. The van der Waals surface area contributed by atoms with Crippen molar-refractivity contribution >= 4 is 23.1 Å². The number of carbonyl (C=O) groups is 1. The van der Waals surface area contributed by atoms with Crippen molar-refractivity contribution in [3.05, 3.63) is 88.8 Å². The van der Waals surface area contributed by atoms with Crippen molar-refractivity contribution in [2.45, 2.75) is 25.4 Å². The van der Waals surface area contributed by atoms with E-state index in [1.165, 1.54) is 6.07 Å². The number of benzene rings is 1. The molecule has 40 heavy (non-hydrogen) atoms. The second-order valence-corrected chi connectivity index (χ2v) is 9.84. The zero-order valence-corrected chi connectivity index (χ0v) is 21.6. The highest BCUT2D eigenvalue weighted by Gasteiger charge is 2.21. The lowest BCUT2D eigenvalue weighted by Gasteiger charge is -2.31. The van der Waals surface area contributed by atoms with Crippen molar-refractivity contribution in [1.29, 1.82) is 0 Å². The number of nitrogens with two attached hydrogens (primary N) is 1. The number of likely N-dealkylation sites (tertiary alicyclic amines) is 1. The summed E-state index contributed by atoms with van der Waals surface area (Å²) >= 11 is 0.